The van der Waals surface area contributed by atoms with Crippen LogP contribution in [0.1, 0.15) is 5.56 Å². The maximum atomic E-state index is 12.1. The molecular formula is C20H21ClN2O4S. The molecule has 0 aromatic heterocycles. The van der Waals surface area contributed by atoms with Crippen LogP contribution in [-0.2, 0) is 9.53 Å². The van der Waals surface area contributed by atoms with Gasteiger partial charge in [0.2, 0.25) is 0 Å². The van der Waals surface area contributed by atoms with Gasteiger partial charge in [-0.1, -0.05) is 36.0 Å². The third kappa shape index (κ3) is 5.13. The zero-order chi connectivity index (χ0) is 19.9. The number of nitrogens with one attached hydrogen (secondary N) is 1. The van der Waals surface area contributed by atoms with Gasteiger partial charge in [-0.15, -0.1) is 0 Å². The van der Waals surface area contributed by atoms with Gasteiger partial charge in [0.05, 0.1) is 31.0 Å². The summed E-state index contributed by atoms with van der Waals surface area (Å²) in [5.41, 5.74) is 1.40. The van der Waals surface area contributed by atoms with Gasteiger partial charge in [0, 0.05) is 18.7 Å². The van der Waals surface area contributed by atoms with E-state index in [2.05, 4.69) is 10.2 Å². The van der Waals surface area contributed by atoms with Gasteiger partial charge in [-0.2, -0.15) is 0 Å². The molecule has 0 saturated carbocycles. The summed E-state index contributed by atoms with van der Waals surface area (Å²) in [6.07, 6.45) is 0. The Morgan fingerprint density at radius 1 is 1.21 bits per heavy atom. The highest BCUT2D eigenvalue weighted by Crippen LogP contribution is 2.29. The first-order valence-corrected chi connectivity index (χ1v) is 9.59. The molecule has 1 aliphatic rings. The molecule has 6 nitrogen and oxygen atoms in total. The van der Waals surface area contributed by atoms with Gasteiger partial charge in [0.15, 0.2) is 18.1 Å². The Morgan fingerprint density at radius 3 is 2.68 bits per heavy atom. The molecule has 1 fully saturated rings. The van der Waals surface area contributed by atoms with Crippen LogP contribution in [0.4, 0.5) is 5.69 Å². The van der Waals surface area contributed by atoms with Gasteiger partial charge in [0.25, 0.3) is 5.91 Å². The molecule has 3 rings (SSSR count). The van der Waals surface area contributed by atoms with Crippen LogP contribution in [0.15, 0.2) is 42.5 Å². The first kappa shape index (κ1) is 20.4. The molecule has 2 aromatic carbocycles. The van der Waals surface area contributed by atoms with Crippen LogP contribution < -0.4 is 14.8 Å². The van der Waals surface area contributed by atoms with Gasteiger partial charge in [-0.3, -0.25) is 4.79 Å². The number of para-hydroxylation sites is 1. The highest BCUT2D eigenvalue weighted by atomic mass is 35.5. The molecule has 2 aromatic rings. The summed E-state index contributed by atoms with van der Waals surface area (Å²) in [7, 11) is 1.55. The number of rotatable bonds is 6. The van der Waals surface area contributed by atoms with Crippen molar-refractivity contribution in [3.05, 3.63) is 53.1 Å². The summed E-state index contributed by atoms with van der Waals surface area (Å²) in [4.78, 5) is 15.0. The third-order valence-corrected chi connectivity index (χ3v) is 5.04. The first-order valence-electron chi connectivity index (χ1n) is 8.80. The minimum Gasteiger partial charge on any atom is -0.493 e. The molecule has 0 aliphatic carbocycles. The van der Waals surface area contributed by atoms with E-state index < -0.39 is 0 Å². The van der Waals surface area contributed by atoms with Crippen LogP contribution in [0.25, 0.3) is 0 Å². The predicted octanol–water partition coefficient (Wildman–Crippen LogP) is 3.37. The average Bonchev–Trinajstić information content (AvgIpc) is 2.74. The summed E-state index contributed by atoms with van der Waals surface area (Å²) in [6, 6.07) is 12.5. The number of amides is 1. The minimum atomic E-state index is -0.317. The lowest BCUT2D eigenvalue weighted by Gasteiger charge is -2.29. The van der Waals surface area contributed by atoms with Crippen molar-refractivity contribution in [3.8, 4) is 11.5 Å². The van der Waals surface area contributed by atoms with Crippen LogP contribution in [-0.4, -0.2) is 55.8 Å². The molecule has 8 heteroatoms. The van der Waals surface area contributed by atoms with Gasteiger partial charge >= 0.3 is 0 Å². The minimum absolute atomic E-state index is 0.172. The Bertz CT molecular complexity index is 856. The summed E-state index contributed by atoms with van der Waals surface area (Å²) in [6.45, 7) is 2.69. The summed E-state index contributed by atoms with van der Waals surface area (Å²) in [5, 5.41) is 3.18. The molecule has 1 N–H and O–H groups in total. The van der Waals surface area contributed by atoms with E-state index in [0.29, 0.717) is 35.4 Å². The fourth-order valence-electron chi connectivity index (χ4n) is 2.76. The number of ether oxygens (including phenoxy) is 3. The predicted molar refractivity (Wildman–Crippen MR) is 113 cm³/mol. The summed E-state index contributed by atoms with van der Waals surface area (Å²) in [5.74, 6) is 0.659. The Labute approximate surface area is 174 Å². The van der Waals surface area contributed by atoms with Gasteiger partial charge in [0.1, 0.15) is 4.99 Å². The maximum Gasteiger partial charge on any atom is 0.262 e. The van der Waals surface area contributed by atoms with Crippen LogP contribution in [0.3, 0.4) is 0 Å². The van der Waals surface area contributed by atoms with E-state index in [9.17, 15) is 4.79 Å². The quantitative estimate of drug-likeness (QED) is 0.723. The van der Waals surface area contributed by atoms with Crippen LogP contribution in [0, 0.1) is 0 Å². The number of carbonyl (C=O) groups is 1. The van der Waals surface area contributed by atoms with E-state index in [4.69, 9.17) is 38.0 Å². The van der Waals surface area contributed by atoms with E-state index in [0.717, 1.165) is 23.6 Å². The number of morpholine rings is 1. The zero-order valence-corrected chi connectivity index (χ0v) is 17.0. The maximum absolute atomic E-state index is 12.1. The summed E-state index contributed by atoms with van der Waals surface area (Å²) >= 11 is 11.6. The molecule has 0 unspecified atom stereocenters. The lowest BCUT2D eigenvalue weighted by atomic mass is 10.1. The number of thiocarbonyl (C=S) groups is 1. The highest BCUT2D eigenvalue weighted by Gasteiger charge is 2.17. The number of nitrogens with zero attached hydrogens (tertiary/aromatic N) is 1. The fraction of sp³-hybridized carbons (Fsp3) is 0.300. The van der Waals surface area contributed by atoms with E-state index in [-0.39, 0.29) is 12.5 Å². The molecule has 148 valence electrons. The second kappa shape index (κ2) is 9.73. The largest absolute Gasteiger partial charge is 0.493 e. The third-order valence-electron chi connectivity index (χ3n) is 4.22. The highest BCUT2D eigenvalue weighted by molar-refractivity contribution is 7.80. The van der Waals surface area contributed by atoms with Crippen molar-refractivity contribution in [2.24, 2.45) is 0 Å². The smallest absolute Gasteiger partial charge is 0.262 e. The van der Waals surface area contributed by atoms with Gasteiger partial charge < -0.3 is 24.4 Å². The Morgan fingerprint density at radius 2 is 1.96 bits per heavy atom. The number of benzene rings is 2. The molecule has 28 heavy (non-hydrogen) atoms. The van der Waals surface area contributed by atoms with E-state index in [1.165, 1.54) is 0 Å². The second-order valence-electron chi connectivity index (χ2n) is 6.09. The molecule has 0 spiro atoms. The number of hydrogen-bond acceptors (Lipinski definition) is 5. The summed E-state index contributed by atoms with van der Waals surface area (Å²) < 4.78 is 16.4. The Kier molecular flexibility index (Phi) is 7.08. The molecule has 0 atom stereocenters. The number of halogens is 1. The van der Waals surface area contributed by atoms with Crippen molar-refractivity contribution in [2.75, 3.05) is 45.3 Å². The molecule has 0 bridgehead atoms. The van der Waals surface area contributed by atoms with Crippen molar-refractivity contribution < 1.29 is 19.0 Å². The van der Waals surface area contributed by atoms with E-state index in [1.807, 2.05) is 12.1 Å². The normalized spacial score (nSPS) is 13.7. The SMILES string of the molecule is COc1cc(C(=S)N2CCOCC2)ccc1OCC(=O)Nc1ccccc1Cl. The molecule has 0 radical (unpaired) electrons. The monoisotopic (exact) mass is 420 g/mol. The van der Waals surface area contributed by atoms with Gasteiger partial charge in [-0.25, -0.2) is 0 Å². The molecule has 1 amide bonds. The lowest BCUT2D eigenvalue weighted by Crippen LogP contribution is -2.40. The zero-order valence-electron chi connectivity index (χ0n) is 15.4. The van der Waals surface area contributed by atoms with Crippen molar-refractivity contribution in [3.63, 3.8) is 0 Å². The van der Waals surface area contributed by atoms with Gasteiger partial charge in [-0.05, 0) is 30.3 Å². The number of hydrogen-bond donors (Lipinski definition) is 1. The fourth-order valence-corrected chi connectivity index (χ4v) is 3.25. The number of carbonyl (C=O) groups excluding carboxylic acids is 1. The first-order chi connectivity index (χ1) is 13.6. The van der Waals surface area contributed by atoms with Crippen LogP contribution >= 0.6 is 23.8 Å². The average molecular weight is 421 g/mol. The van der Waals surface area contributed by atoms with Crippen molar-refractivity contribution >= 4 is 40.4 Å². The number of anilines is 1. The lowest BCUT2D eigenvalue weighted by molar-refractivity contribution is -0.118. The molecular weight excluding hydrogens is 400 g/mol. The second-order valence-corrected chi connectivity index (χ2v) is 6.88. The van der Waals surface area contributed by atoms with Crippen molar-refractivity contribution in [1.29, 1.82) is 0 Å². The molecule has 1 heterocycles. The van der Waals surface area contributed by atoms with E-state index >= 15 is 0 Å². The number of methoxy groups -OCH3 is 1. The standard InChI is InChI=1S/C20H21ClN2O4S/c1-25-18-12-14(20(28)23-8-10-26-11-9-23)6-7-17(18)27-13-19(24)22-16-5-3-2-4-15(16)21/h2-7,12H,8-11,13H2,1H3,(H,22,24). The Balaban J connectivity index is 1.63. The topological polar surface area (TPSA) is 60.0 Å². The Hall–Kier alpha value is -2.35. The van der Waals surface area contributed by atoms with Crippen LogP contribution in [0.5, 0.6) is 11.5 Å². The van der Waals surface area contributed by atoms with Crippen LogP contribution in [0.2, 0.25) is 5.02 Å². The van der Waals surface area contributed by atoms with Crippen molar-refractivity contribution in [1.82, 2.24) is 4.90 Å². The van der Waals surface area contributed by atoms with Crippen molar-refractivity contribution in [2.45, 2.75) is 0 Å². The van der Waals surface area contributed by atoms with E-state index in [1.54, 1.807) is 37.4 Å². The molecule has 1 aliphatic heterocycles. The molecule has 1 saturated heterocycles.